The highest BCUT2D eigenvalue weighted by Crippen LogP contribution is 2.34. The predicted molar refractivity (Wildman–Crippen MR) is 144 cm³/mol. The molecule has 0 aromatic heterocycles. The molecule has 2 fully saturated rings. The van der Waals surface area contributed by atoms with Crippen LogP contribution in [0.15, 0.2) is 42.5 Å². The normalized spacial score (nSPS) is 20.4. The number of amides is 3. The third-order valence-electron chi connectivity index (χ3n) is 7.01. The van der Waals surface area contributed by atoms with E-state index < -0.39 is 12.2 Å². The number of carbonyl (C=O) groups excluding carboxylic acids is 3. The lowest BCUT2D eigenvalue weighted by Crippen LogP contribution is -2.73. The smallest absolute Gasteiger partial charge is 0.245 e. The monoisotopic (exact) mass is 539 g/mol. The van der Waals surface area contributed by atoms with Crippen LogP contribution in [0.4, 0.5) is 0 Å². The summed E-state index contributed by atoms with van der Waals surface area (Å²) in [5.74, 6) is 2.05. The number of hydrazine groups is 1. The molecule has 0 radical (unpaired) electrons. The van der Waals surface area contributed by atoms with Crippen LogP contribution in [0.2, 0.25) is 0 Å². The maximum Gasteiger partial charge on any atom is 0.245 e. The largest absolute Gasteiger partial charge is 0.497 e. The lowest BCUT2D eigenvalue weighted by atomic mass is 10.0. The Kier molecular flexibility index (Phi) is 9.26. The number of hydrogen-bond acceptors (Lipinski definition) is 8. The van der Waals surface area contributed by atoms with Crippen molar-refractivity contribution in [1.29, 1.82) is 0 Å². The van der Waals surface area contributed by atoms with Crippen molar-refractivity contribution in [1.82, 2.24) is 25.1 Å². The molecule has 39 heavy (non-hydrogen) atoms. The first-order chi connectivity index (χ1) is 18.9. The van der Waals surface area contributed by atoms with Gasteiger partial charge in [0.2, 0.25) is 25.0 Å². The van der Waals surface area contributed by atoms with Crippen LogP contribution in [0.3, 0.4) is 0 Å². The van der Waals surface area contributed by atoms with Gasteiger partial charge in [-0.15, -0.1) is 0 Å². The zero-order valence-electron chi connectivity index (χ0n) is 23.0. The summed E-state index contributed by atoms with van der Waals surface area (Å²) in [6, 6.07) is 13.1. The Hall–Kier alpha value is -3.83. The van der Waals surface area contributed by atoms with E-state index >= 15 is 0 Å². The number of methoxy groups -OCH3 is 1. The van der Waals surface area contributed by atoms with Gasteiger partial charge in [-0.2, -0.15) is 0 Å². The molecule has 0 spiro atoms. The van der Waals surface area contributed by atoms with E-state index in [9.17, 15) is 14.4 Å². The first-order valence-electron chi connectivity index (χ1n) is 13.1. The van der Waals surface area contributed by atoms with Crippen LogP contribution in [0, 0.1) is 0 Å². The number of fused-ring (bicyclic) bond motifs is 2. The average molecular weight is 540 g/mol. The van der Waals surface area contributed by atoms with E-state index in [-0.39, 0.29) is 31.7 Å². The molecular weight excluding hydrogens is 502 g/mol. The predicted octanol–water partition coefficient (Wildman–Crippen LogP) is 1.81. The fourth-order valence-electron chi connectivity index (χ4n) is 5.09. The van der Waals surface area contributed by atoms with Crippen LogP contribution < -0.4 is 19.5 Å². The highest BCUT2D eigenvalue weighted by Gasteiger charge is 2.48. The Morgan fingerprint density at radius 2 is 1.79 bits per heavy atom. The van der Waals surface area contributed by atoms with Gasteiger partial charge in [-0.05, 0) is 48.9 Å². The van der Waals surface area contributed by atoms with Crippen molar-refractivity contribution in [3.8, 4) is 17.2 Å². The third kappa shape index (κ3) is 6.26. The number of hydrogen-bond donors (Lipinski definition) is 1. The van der Waals surface area contributed by atoms with Gasteiger partial charge in [-0.1, -0.05) is 31.5 Å². The van der Waals surface area contributed by atoms with Crippen molar-refractivity contribution in [3.63, 3.8) is 0 Å². The van der Waals surface area contributed by atoms with E-state index in [0.717, 1.165) is 30.7 Å². The third-order valence-corrected chi connectivity index (χ3v) is 7.01. The number of rotatable bonds is 8. The standard InChI is InChI=1S/C19H24N4O5.C9H13NO/c1-3-4-14-19(26)21(8-13-5-6-15-16(7-13)28-12-27-15)9-17-22(11-24)20(2)10-18(25)23(14)17;1-10-7-8-3-5-9(11-2)6-4-8/h5-7,11,14,17H,3-4,8-10,12H2,1-2H3;3-6,10H,7H2,1-2H3/t14-,17?;/m0./s1. The molecule has 2 saturated heterocycles. The van der Waals surface area contributed by atoms with Gasteiger partial charge in [0.1, 0.15) is 18.0 Å². The van der Waals surface area contributed by atoms with Crippen molar-refractivity contribution in [2.75, 3.05) is 41.1 Å². The number of nitrogens with one attached hydrogen (secondary N) is 1. The van der Waals surface area contributed by atoms with Gasteiger partial charge in [0.15, 0.2) is 11.5 Å². The molecule has 0 saturated carbocycles. The van der Waals surface area contributed by atoms with Crippen LogP contribution >= 0.6 is 0 Å². The molecule has 0 bridgehead atoms. The van der Waals surface area contributed by atoms with Gasteiger partial charge in [-0.25, -0.2) is 5.01 Å². The molecular formula is C28H37N5O6. The lowest BCUT2D eigenvalue weighted by Gasteiger charge is -2.53. The summed E-state index contributed by atoms with van der Waals surface area (Å²) in [5.41, 5.74) is 2.18. The number of piperazine rings is 1. The molecule has 11 nitrogen and oxygen atoms in total. The molecule has 2 aromatic rings. The summed E-state index contributed by atoms with van der Waals surface area (Å²) >= 11 is 0. The zero-order valence-corrected chi connectivity index (χ0v) is 23.0. The van der Waals surface area contributed by atoms with Crippen molar-refractivity contribution >= 4 is 18.2 Å². The Morgan fingerprint density at radius 3 is 2.46 bits per heavy atom. The summed E-state index contributed by atoms with van der Waals surface area (Å²) in [4.78, 5) is 40.9. The van der Waals surface area contributed by atoms with Gasteiger partial charge in [0.05, 0.1) is 20.2 Å². The van der Waals surface area contributed by atoms with Crippen molar-refractivity contribution in [2.45, 2.75) is 45.1 Å². The Morgan fingerprint density at radius 1 is 1.08 bits per heavy atom. The zero-order chi connectivity index (χ0) is 27.9. The number of carbonyl (C=O) groups is 3. The van der Waals surface area contributed by atoms with Gasteiger partial charge in [-0.3, -0.25) is 19.4 Å². The summed E-state index contributed by atoms with van der Waals surface area (Å²) in [7, 11) is 5.31. The highest BCUT2D eigenvalue weighted by atomic mass is 16.7. The summed E-state index contributed by atoms with van der Waals surface area (Å²) in [6.07, 6.45) is 1.56. The molecule has 5 rings (SSSR count). The number of benzene rings is 2. The Labute approximate surface area is 229 Å². The molecule has 210 valence electrons. The average Bonchev–Trinajstić information content (AvgIpc) is 3.40. The quantitative estimate of drug-likeness (QED) is 0.507. The number of likely N-dealkylation sites (N-methyl/N-ethyl adjacent to an activating group) is 1. The van der Waals surface area contributed by atoms with E-state index in [0.29, 0.717) is 24.5 Å². The van der Waals surface area contributed by atoms with Crippen molar-refractivity contribution in [2.24, 2.45) is 0 Å². The van der Waals surface area contributed by atoms with E-state index in [1.165, 1.54) is 10.6 Å². The Balaban J connectivity index is 0.000000270. The van der Waals surface area contributed by atoms with Crippen LogP contribution in [0.1, 0.15) is 30.9 Å². The van der Waals surface area contributed by atoms with Crippen molar-refractivity contribution < 1.29 is 28.6 Å². The molecule has 11 heteroatoms. The maximum atomic E-state index is 13.2. The van der Waals surface area contributed by atoms with Crippen LogP contribution in [-0.2, 0) is 27.5 Å². The van der Waals surface area contributed by atoms with Crippen LogP contribution in [-0.4, -0.2) is 91.3 Å². The minimum atomic E-state index is -0.554. The number of nitrogens with zero attached hydrogens (tertiary/aromatic N) is 4. The van der Waals surface area contributed by atoms with Gasteiger partial charge in [0, 0.05) is 20.1 Å². The van der Waals surface area contributed by atoms with E-state index in [2.05, 4.69) is 17.4 Å². The van der Waals surface area contributed by atoms with Crippen LogP contribution in [0.5, 0.6) is 17.2 Å². The first kappa shape index (κ1) is 28.2. The second-order valence-electron chi connectivity index (χ2n) is 9.67. The van der Waals surface area contributed by atoms with Gasteiger partial charge < -0.3 is 29.3 Å². The van der Waals surface area contributed by atoms with E-state index in [1.54, 1.807) is 29.0 Å². The molecule has 2 atom stereocenters. The molecule has 3 heterocycles. The molecule has 3 amide bonds. The fourth-order valence-corrected chi connectivity index (χ4v) is 5.09. The minimum absolute atomic E-state index is 0.0838. The van der Waals surface area contributed by atoms with Crippen molar-refractivity contribution in [3.05, 3.63) is 53.6 Å². The SMILES string of the molecule is CCC[C@H]1C(=O)N(Cc2ccc3c(c2)OCO3)CC2N1C(=O)CN(C)N2C=O.CNCc1ccc(OC)cc1. The summed E-state index contributed by atoms with van der Waals surface area (Å²) < 4.78 is 15.8. The second-order valence-corrected chi connectivity index (χ2v) is 9.67. The molecule has 3 aliphatic heterocycles. The first-order valence-corrected chi connectivity index (χ1v) is 13.1. The van der Waals surface area contributed by atoms with Gasteiger partial charge >= 0.3 is 0 Å². The van der Waals surface area contributed by atoms with Crippen LogP contribution in [0.25, 0.3) is 0 Å². The maximum absolute atomic E-state index is 13.2. The fraction of sp³-hybridized carbons (Fsp3) is 0.464. The summed E-state index contributed by atoms with van der Waals surface area (Å²) in [6.45, 7) is 3.82. The topological polar surface area (TPSA) is 104 Å². The lowest BCUT2D eigenvalue weighted by molar-refractivity contribution is -0.197. The Bertz CT molecular complexity index is 1160. The number of ether oxygens (including phenoxy) is 3. The highest BCUT2D eigenvalue weighted by molar-refractivity contribution is 5.90. The molecule has 1 unspecified atom stereocenters. The molecule has 0 aliphatic carbocycles. The molecule has 3 aliphatic rings. The van der Waals surface area contributed by atoms with E-state index in [4.69, 9.17) is 14.2 Å². The minimum Gasteiger partial charge on any atom is -0.497 e. The van der Waals surface area contributed by atoms with Gasteiger partial charge in [0.25, 0.3) is 0 Å². The second kappa shape index (κ2) is 12.8. The molecule has 1 N–H and O–H groups in total. The molecule has 2 aromatic carbocycles. The van der Waals surface area contributed by atoms with E-state index in [1.807, 2.05) is 44.3 Å². The summed E-state index contributed by atoms with van der Waals surface area (Å²) in [5, 5.41) is 6.19.